The van der Waals surface area contributed by atoms with Crippen LogP contribution >= 0.6 is 54.1 Å². The highest BCUT2D eigenvalue weighted by Crippen LogP contribution is 2.66. The SMILES string of the molecule is CC(=O)O.CCOP(=O)(O)O.CCOP(=O)(O)OP(=O)(O)O.CCOP(=O)(O)OP(=O)(O)OP(C)(=O)O.CCOS(C)(=O)=O.CCS(C)(=O)=O.C[C@@H](O)P(C)(=O)O. The summed E-state index contributed by atoms with van der Waals surface area (Å²) < 4.78 is 140. The molecule has 0 amide bonds. The molecule has 0 bridgehead atoms. The summed E-state index contributed by atoms with van der Waals surface area (Å²) in [6.07, 6.45) is 2.24. The van der Waals surface area contributed by atoms with E-state index in [1.807, 2.05) is 0 Å². The van der Waals surface area contributed by atoms with E-state index in [4.69, 9.17) is 59.0 Å². The fourth-order valence-electron chi connectivity index (χ4n) is 1.23. The highest BCUT2D eigenvalue weighted by molar-refractivity contribution is 7.90. The molecule has 0 aliphatic heterocycles. The minimum absolute atomic E-state index is 0.0459. The van der Waals surface area contributed by atoms with Crippen molar-refractivity contribution in [3.8, 4) is 0 Å². The van der Waals surface area contributed by atoms with Gasteiger partial charge in [-0.05, 0) is 34.6 Å². The van der Waals surface area contributed by atoms with Crippen molar-refractivity contribution in [3.63, 3.8) is 0 Å². The van der Waals surface area contributed by atoms with Gasteiger partial charge in [0.05, 0.1) is 32.7 Å². The molecule has 0 spiro atoms. The van der Waals surface area contributed by atoms with E-state index in [2.05, 4.69) is 30.7 Å². The van der Waals surface area contributed by atoms with Gasteiger partial charge >= 0.3 is 46.7 Å². The maximum absolute atomic E-state index is 10.9. The van der Waals surface area contributed by atoms with E-state index in [0.29, 0.717) is 6.66 Å². The van der Waals surface area contributed by atoms with Gasteiger partial charge in [0.1, 0.15) is 15.7 Å². The molecule has 57 heavy (non-hydrogen) atoms. The molecule has 0 aromatic heterocycles. The summed E-state index contributed by atoms with van der Waals surface area (Å²) in [6, 6.07) is 0. The summed E-state index contributed by atoms with van der Waals surface area (Å²) in [7, 11) is -36.9. The Morgan fingerprint density at radius 1 is 0.579 bits per heavy atom. The second-order valence-electron chi connectivity index (χ2n) is 9.11. The molecule has 11 N–H and O–H groups in total. The van der Waals surface area contributed by atoms with Gasteiger partial charge in [0.25, 0.3) is 16.1 Å². The van der Waals surface area contributed by atoms with Crippen LogP contribution in [0.3, 0.4) is 0 Å². The number of hydrogen-bond acceptors (Lipinski definition) is 20. The van der Waals surface area contributed by atoms with Crippen molar-refractivity contribution in [3.05, 3.63) is 0 Å². The summed E-state index contributed by atoms with van der Waals surface area (Å²) in [6.45, 7) is 11.4. The van der Waals surface area contributed by atoms with E-state index in [1.54, 1.807) is 13.8 Å². The average molecular weight is 1030 g/mol. The number of carboxylic acid groups (broad SMARTS) is 1. The first kappa shape index (κ1) is 71.8. The lowest BCUT2D eigenvalue weighted by molar-refractivity contribution is -0.134. The van der Waals surface area contributed by atoms with Crippen LogP contribution in [0.15, 0.2) is 0 Å². The summed E-state index contributed by atoms with van der Waals surface area (Å²) in [5.41, 5.74) is 0. The number of aliphatic hydroxyl groups is 1. The van der Waals surface area contributed by atoms with Crippen LogP contribution in [0.1, 0.15) is 48.5 Å². The minimum Gasteiger partial charge on any atom is -0.481 e. The van der Waals surface area contributed by atoms with E-state index in [-0.39, 0.29) is 32.2 Å². The Kier molecular flexibility index (Phi) is 41.5. The van der Waals surface area contributed by atoms with Gasteiger partial charge in [0, 0.05) is 32.3 Å². The second-order valence-corrected chi connectivity index (χ2v) is 24.9. The molecule has 0 aromatic rings. The third-order valence-electron chi connectivity index (χ3n) is 3.10. The van der Waals surface area contributed by atoms with Gasteiger partial charge in [0.15, 0.2) is 0 Å². The first-order valence-corrected chi connectivity index (χ1v) is 29.9. The maximum atomic E-state index is 10.9. The Morgan fingerprint density at radius 2 is 0.860 bits per heavy atom. The number of carboxylic acids is 1. The third kappa shape index (κ3) is 88.5. The van der Waals surface area contributed by atoms with Crippen LogP contribution in [-0.4, -0.2) is 141 Å². The number of aliphatic hydroxyl groups excluding tert-OH is 1. The fraction of sp³-hybridized carbons (Fsp3) is 0.944. The first-order chi connectivity index (χ1) is 24.6. The molecule has 0 radical (unpaired) electrons. The number of phosphoric ester groups is 3. The van der Waals surface area contributed by atoms with Crippen molar-refractivity contribution in [2.75, 3.05) is 58.0 Å². The molecule has 39 heteroatoms. The van der Waals surface area contributed by atoms with Crippen LogP contribution < -0.4 is 0 Å². The Labute approximate surface area is 330 Å². The largest absolute Gasteiger partial charge is 0.488 e. The predicted octanol–water partition coefficient (Wildman–Crippen LogP) is 1.77. The monoisotopic (exact) mass is 1030 g/mol. The summed E-state index contributed by atoms with van der Waals surface area (Å²) in [4.78, 5) is 83.9. The number of carbonyl (C=O) groups is 1. The number of phosphoric acid groups is 5. The van der Waals surface area contributed by atoms with Gasteiger partial charge < -0.3 is 54.3 Å². The predicted molar refractivity (Wildman–Crippen MR) is 200 cm³/mol. The lowest BCUT2D eigenvalue weighted by Gasteiger charge is -2.15. The summed E-state index contributed by atoms with van der Waals surface area (Å²) in [5.74, 6) is -1.68. The molecule has 6 atom stereocenters. The van der Waals surface area contributed by atoms with Gasteiger partial charge in [-0.25, -0.2) is 35.6 Å². The van der Waals surface area contributed by atoms with Gasteiger partial charge in [0.2, 0.25) is 7.37 Å². The van der Waals surface area contributed by atoms with Crippen molar-refractivity contribution >= 4 is 80.0 Å². The molecular weight excluding hydrogens is 977 g/mol. The molecule has 0 aliphatic rings. The van der Waals surface area contributed by atoms with Crippen LogP contribution in [0.5, 0.6) is 0 Å². The molecule has 0 aromatic carbocycles. The first-order valence-electron chi connectivity index (χ1n) is 14.3. The van der Waals surface area contributed by atoms with Gasteiger partial charge in [-0.15, -0.1) is 0 Å². The normalized spacial score (nSPS) is 17.1. The molecule has 0 aliphatic carbocycles. The lowest BCUT2D eigenvalue weighted by atomic mass is 10.9. The Balaban J connectivity index is -0.000000107. The summed E-state index contributed by atoms with van der Waals surface area (Å²) >= 11 is 0. The molecule has 0 heterocycles. The van der Waals surface area contributed by atoms with Gasteiger partial charge in [-0.3, -0.25) is 31.7 Å². The molecule has 0 rings (SSSR count). The lowest BCUT2D eigenvalue weighted by Crippen LogP contribution is -2.00. The van der Waals surface area contributed by atoms with E-state index >= 15 is 0 Å². The molecular formula is C18H55O30P7S2. The fourth-order valence-corrected chi connectivity index (χ4v) is 7.06. The van der Waals surface area contributed by atoms with Crippen LogP contribution in [0, 0.1) is 0 Å². The van der Waals surface area contributed by atoms with Crippen molar-refractivity contribution in [1.82, 2.24) is 0 Å². The second kappa shape index (κ2) is 32.9. The van der Waals surface area contributed by atoms with Crippen molar-refractivity contribution in [1.29, 1.82) is 0 Å². The topological polar surface area (TPSA) is 492 Å². The van der Waals surface area contributed by atoms with Crippen LogP contribution in [0.4, 0.5) is 0 Å². The third-order valence-corrected chi connectivity index (χ3v) is 13.3. The Hall–Kier alpha value is 0.300. The van der Waals surface area contributed by atoms with Crippen LogP contribution in [0.2, 0.25) is 0 Å². The highest BCUT2D eigenvalue weighted by atomic mass is 32.2. The summed E-state index contributed by atoms with van der Waals surface area (Å²) in [5, 5.41) is 15.8. The van der Waals surface area contributed by atoms with E-state index < -0.39 is 85.8 Å². The smallest absolute Gasteiger partial charge is 0.481 e. The van der Waals surface area contributed by atoms with Crippen LogP contribution in [0.25, 0.3) is 0 Å². The number of rotatable bonds is 16. The Morgan fingerprint density at radius 3 is 0.982 bits per heavy atom. The number of aliphatic carboxylic acids is 1. The zero-order valence-electron chi connectivity index (χ0n) is 32.2. The average Bonchev–Trinajstić information content (AvgIpc) is 2.84. The molecule has 354 valence electrons. The molecule has 0 saturated carbocycles. The molecule has 30 nitrogen and oxygen atoms in total. The van der Waals surface area contributed by atoms with Gasteiger partial charge in [-0.1, -0.05) is 6.92 Å². The van der Waals surface area contributed by atoms with E-state index in [9.17, 15) is 48.8 Å². The number of sulfone groups is 1. The quantitative estimate of drug-likeness (QED) is 0.0775. The zero-order chi connectivity index (χ0) is 48.1. The maximum Gasteiger partial charge on any atom is 0.488 e. The molecule has 0 fully saturated rings. The standard InChI is InChI=1S/C3H11O9P3.C3H9O3P.C3H8O3S.C3H8O2S.C2H8O7P2.C2H7O4P.C2H4O2/c1-3-10-14(6,7)12-15(8,9)11-13(2,4)5;1-3(4)7(2,5)6;1-3-6-7(2,4)5;1-3-6(2,4)5;1-2-8-11(6,7)9-10(3,4)5;1-2-6-7(3,4)5;1-2(3)4/h3H2,1-2H3,(H,4,5)(H,6,7)(H,8,9);3-4H,1-2H3,(H,5,6);3H2,1-2H3;3H2,1-2H3;2H2,1H3,(H,6,7)(H2,3,4,5);2H2,1H3,(H2,3,4,5);1H3,(H,3,4)/t;3-;;;;;/m.0...../s1. The minimum atomic E-state index is -5.12. The van der Waals surface area contributed by atoms with Crippen LogP contribution in [-0.2, 0) is 87.4 Å². The molecule has 0 saturated heterocycles. The van der Waals surface area contributed by atoms with Crippen molar-refractivity contribution in [2.24, 2.45) is 0 Å². The van der Waals surface area contributed by atoms with E-state index in [0.717, 1.165) is 19.8 Å². The highest BCUT2D eigenvalue weighted by Gasteiger charge is 2.39. The van der Waals surface area contributed by atoms with E-state index in [1.165, 1.54) is 34.0 Å². The Bertz CT molecular complexity index is 1630. The van der Waals surface area contributed by atoms with Crippen molar-refractivity contribution in [2.45, 2.75) is 54.3 Å². The van der Waals surface area contributed by atoms with Gasteiger partial charge in [-0.2, -0.15) is 17.0 Å². The number of hydrogen-bond donors (Lipinski definition) is 11. The zero-order valence-corrected chi connectivity index (χ0v) is 40.1. The van der Waals surface area contributed by atoms with Crippen molar-refractivity contribution < 1.29 is 139 Å². The molecule has 5 unspecified atom stereocenters.